The van der Waals surface area contributed by atoms with Crippen molar-refractivity contribution in [2.75, 3.05) is 7.11 Å². The summed E-state index contributed by atoms with van der Waals surface area (Å²) < 4.78 is 18.4. The van der Waals surface area contributed by atoms with Crippen LogP contribution < -0.4 is 10.1 Å². The molecule has 2 atom stereocenters. The molecule has 1 unspecified atom stereocenters. The van der Waals surface area contributed by atoms with Crippen LogP contribution in [0.2, 0.25) is 0 Å². The van der Waals surface area contributed by atoms with Crippen LogP contribution in [0.1, 0.15) is 37.1 Å². The highest BCUT2D eigenvalue weighted by atomic mass is 19.1. The van der Waals surface area contributed by atoms with E-state index < -0.39 is 0 Å². The molecule has 0 bridgehead atoms. The van der Waals surface area contributed by atoms with Crippen LogP contribution in [0, 0.1) is 5.82 Å². The monoisotopic (exact) mass is 289 g/mol. The Morgan fingerprint density at radius 2 is 1.71 bits per heavy atom. The molecule has 0 aliphatic heterocycles. The molecule has 2 N–H and O–H groups in total. The van der Waals surface area contributed by atoms with Gasteiger partial charge in [0.15, 0.2) is 0 Å². The quantitative estimate of drug-likeness (QED) is 0.875. The SMILES string of the molecule is COc1ccc([C@@H](C)NC(C)c2cc(F)ccc2O)cc1. The van der Waals surface area contributed by atoms with Gasteiger partial charge in [-0.3, -0.25) is 0 Å². The van der Waals surface area contributed by atoms with E-state index in [1.54, 1.807) is 7.11 Å². The molecule has 0 heterocycles. The molecule has 0 fully saturated rings. The van der Waals surface area contributed by atoms with Crippen LogP contribution in [0.25, 0.3) is 0 Å². The van der Waals surface area contributed by atoms with E-state index in [0.29, 0.717) is 5.56 Å². The van der Waals surface area contributed by atoms with Gasteiger partial charge < -0.3 is 15.2 Å². The number of phenolic OH excluding ortho intramolecular Hbond substituents is 1. The molecule has 0 aliphatic rings. The van der Waals surface area contributed by atoms with E-state index in [2.05, 4.69) is 5.32 Å². The molecule has 0 saturated carbocycles. The van der Waals surface area contributed by atoms with Gasteiger partial charge in [-0.25, -0.2) is 4.39 Å². The third-order valence-electron chi connectivity index (χ3n) is 3.57. The Balaban J connectivity index is 2.10. The van der Waals surface area contributed by atoms with Crippen LogP contribution >= 0.6 is 0 Å². The molecule has 2 aromatic carbocycles. The van der Waals surface area contributed by atoms with Crippen molar-refractivity contribution in [3.8, 4) is 11.5 Å². The summed E-state index contributed by atoms with van der Waals surface area (Å²) in [7, 11) is 1.63. The van der Waals surface area contributed by atoms with E-state index in [1.165, 1.54) is 18.2 Å². The van der Waals surface area contributed by atoms with Crippen molar-refractivity contribution in [2.45, 2.75) is 25.9 Å². The lowest BCUT2D eigenvalue weighted by molar-refractivity contribution is 0.413. The maximum atomic E-state index is 13.3. The summed E-state index contributed by atoms with van der Waals surface area (Å²) in [4.78, 5) is 0. The largest absolute Gasteiger partial charge is 0.508 e. The van der Waals surface area contributed by atoms with Gasteiger partial charge in [0.1, 0.15) is 17.3 Å². The molecule has 0 spiro atoms. The van der Waals surface area contributed by atoms with E-state index in [9.17, 15) is 9.50 Å². The summed E-state index contributed by atoms with van der Waals surface area (Å²) in [5, 5.41) is 13.2. The van der Waals surface area contributed by atoms with Crippen molar-refractivity contribution in [1.29, 1.82) is 0 Å². The van der Waals surface area contributed by atoms with Crippen LogP contribution in [0.3, 0.4) is 0 Å². The van der Waals surface area contributed by atoms with Crippen molar-refractivity contribution in [3.63, 3.8) is 0 Å². The molecule has 112 valence electrons. The molecule has 0 aromatic heterocycles. The van der Waals surface area contributed by atoms with Crippen LogP contribution in [-0.4, -0.2) is 12.2 Å². The summed E-state index contributed by atoms with van der Waals surface area (Å²) in [6.07, 6.45) is 0. The van der Waals surface area contributed by atoms with Gasteiger partial charge in [0.25, 0.3) is 0 Å². The Morgan fingerprint density at radius 1 is 1.05 bits per heavy atom. The standard InChI is InChI=1S/C17H20FNO2/c1-11(13-4-7-15(21-3)8-5-13)19-12(2)16-10-14(18)6-9-17(16)20/h4-12,19-20H,1-3H3/t11-,12?/m1/s1. The fourth-order valence-corrected chi connectivity index (χ4v) is 2.33. The minimum atomic E-state index is -0.353. The Labute approximate surface area is 124 Å². The van der Waals surface area contributed by atoms with Gasteiger partial charge in [0.2, 0.25) is 0 Å². The highest BCUT2D eigenvalue weighted by Gasteiger charge is 2.15. The Bertz CT molecular complexity index is 598. The maximum Gasteiger partial charge on any atom is 0.123 e. The van der Waals surface area contributed by atoms with Crippen LogP contribution in [0.4, 0.5) is 4.39 Å². The smallest absolute Gasteiger partial charge is 0.123 e. The third-order valence-corrected chi connectivity index (χ3v) is 3.57. The fourth-order valence-electron chi connectivity index (χ4n) is 2.33. The minimum absolute atomic E-state index is 0.0635. The zero-order valence-corrected chi connectivity index (χ0v) is 12.4. The van der Waals surface area contributed by atoms with Crippen LogP contribution in [0.5, 0.6) is 11.5 Å². The number of nitrogens with one attached hydrogen (secondary N) is 1. The van der Waals surface area contributed by atoms with Crippen molar-refractivity contribution < 1.29 is 14.2 Å². The Morgan fingerprint density at radius 3 is 2.33 bits per heavy atom. The number of ether oxygens (including phenoxy) is 1. The molecule has 2 rings (SSSR count). The van der Waals surface area contributed by atoms with Crippen molar-refractivity contribution in [1.82, 2.24) is 5.32 Å². The van der Waals surface area contributed by atoms with Crippen LogP contribution in [-0.2, 0) is 0 Å². The van der Waals surface area contributed by atoms with Crippen molar-refractivity contribution in [2.24, 2.45) is 0 Å². The van der Waals surface area contributed by atoms with Gasteiger partial charge in [-0.1, -0.05) is 12.1 Å². The highest BCUT2D eigenvalue weighted by molar-refractivity contribution is 5.35. The number of benzene rings is 2. The predicted octanol–water partition coefficient (Wildman–Crippen LogP) is 3.95. The summed E-state index contributed by atoms with van der Waals surface area (Å²) in [5.74, 6) is 0.550. The van der Waals surface area contributed by atoms with E-state index in [-0.39, 0.29) is 23.7 Å². The van der Waals surface area contributed by atoms with E-state index in [4.69, 9.17) is 4.74 Å². The fraction of sp³-hybridized carbons (Fsp3) is 0.294. The van der Waals surface area contributed by atoms with Gasteiger partial charge in [0.05, 0.1) is 7.11 Å². The minimum Gasteiger partial charge on any atom is -0.508 e. The maximum absolute atomic E-state index is 13.3. The molecule has 0 radical (unpaired) electrons. The first-order valence-corrected chi connectivity index (χ1v) is 6.89. The number of hydrogen-bond acceptors (Lipinski definition) is 3. The lowest BCUT2D eigenvalue weighted by atomic mass is 10.0. The average Bonchev–Trinajstić information content (AvgIpc) is 2.49. The summed E-state index contributed by atoms with van der Waals surface area (Å²) in [6.45, 7) is 3.92. The molecule has 0 saturated heterocycles. The number of aromatic hydroxyl groups is 1. The van der Waals surface area contributed by atoms with E-state index in [1.807, 2.05) is 38.1 Å². The first-order chi connectivity index (χ1) is 10.0. The van der Waals surface area contributed by atoms with Crippen molar-refractivity contribution >= 4 is 0 Å². The van der Waals surface area contributed by atoms with Gasteiger partial charge in [0, 0.05) is 17.6 Å². The molecule has 3 nitrogen and oxygen atoms in total. The zero-order valence-electron chi connectivity index (χ0n) is 12.4. The first-order valence-electron chi connectivity index (χ1n) is 6.89. The van der Waals surface area contributed by atoms with E-state index >= 15 is 0 Å². The van der Waals surface area contributed by atoms with Gasteiger partial charge in [-0.05, 0) is 49.7 Å². The molecule has 0 amide bonds. The molecule has 2 aromatic rings. The van der Waals surface area contributed by atoms with Gasteiger partial charge in [-0.15, -0.1) is 0 Å². The lowest BCUT2D eigenvalue weighted by Gasteiger charge is -2.21. The topological polar surface area (TPSA) is 41.5 Å². The molecular weight excluding hydrogens is 269 g/mol. The number of methoxy groups -OCH3 is 1. The Hall–Kier alpha value is -2.07. The number of rotatable bonds is 5. The molecule has 4 heteroatoms. The summed E-state index contributed by atoms with van der Waals surface area (Å²) in [6, 6.07) is 11.6. The zero-order chi connectivity index (χ0) is 15.4. The molecule has 0 aliphatic carbocycles. The second-order valence-electron chi connectivity index (χ2n) is 5.09. The van der Waals surface area contributed by atoms with Crippen LogP contribution in [0.15, 0.2) is 42.5 Å². The highest BCUT2D eigenvalue weighted by Crippen LogP contribution is 2.27. The van der Waals surface area contributed by atoms with E-state index in [0.717, 1.165) is 11.3 Å². The molecular formula is C17H20FNO2. The Kier molecular flexibility index (Phi) is 4.81. The number of hydrogen-bond donors (Lipinski definition) is 2. The third kappa shape index (κ3) is 3.73. The second-order valence-corrected chi connectivity index (χ2v) is 5.09. The summed E-state index contributed by atoms with van der Waals surface area (Å²) in [5.41, 5.74) is 1.65. The van der Waals surface area contributed by atoms with Gasteiger partial charge in [-0.2, -0.15) is 0 Å². The number of phenols is 1. The predicted molar refractivity (Wildman–Crippen MR) is 81.0 cm³/mol. The molecule has 21 heavy (non-hydrogen) atoms. The first kappa shape index (κ1) is 15.3. The van der Waals surface area contributed by atoms with Gasteiger partial charge >= 0.3 is 0 Å². The van der Waals surface area contributed by atoms with Crippen molar-refractivity contribution in [3.05, 3.63) is 59.4 Å². The summed E-state index contributed by atoms with van der Waals surface area (Å²) >= 11 is 0. The lowest BCUT2D eigenvalue weighted by Crippen LogP contribution is -2.22. The normalized spacial score (nSPS) is 13.7. The average molecular weight is 289 g/mol. The number of halogens is 1. The second kappa shape index (κ2) is 6.59.